The molecule has 0 fully saturated rings. The van der Waals surface area contributed by atoms with E-state index in [1.54, 1.807) is 12.1 Å². The highest BCUT2D eigenvalue weighted by molar-refractivity contribution is 7.92. The number of rotatable bonds is 9. The van der Waals surface area contributed by atoms with E-state index in [4.69, 9.17) is 9.47 Å². The van der Waals surface area contributed by atoms with Gasteiger partial charge in [0.05, 0.1) is 14.2 Å². The minimum absolute atomic E-state index is 0.0469. The molecule has 0 unspecified atom stereocenters. The van der Waals surface area contributed by atoms with Crippen LogP contribution in [0.5, 0.6) is 11.5 Å². The van der Waals surface area contributed by atoms with Crippen molar-refractivity contribution in [3.8, 4) is 11.5 Å². The van der Waals surface area contributed by atoms with Gasteiger partial charge in [0.25, 0.3) is 10.0 Å². The van der Waals surface area contributed by atoms with Crippen LogP contribution in [-0.4, -0.2) is 64.9 Å². The molecule has 2 rings (SSSR count). The van der Waals surface area contributed by atoms with Crippen molar-refractivity contribution in [3.05, 3.63) is 30.3 Å². The van der Waals surface area contributed by atoms with Crippen molar-refractivity contribution < 1.29 is 17.9 Å². The second-order valence-electron chi connectivity index (χ2n) is 5.66. The van der Waals surface area contributed by atoms with E-state index in [9.17, 15) is 8.42 Å². The summed E-state index contributed by atoms with van der Waals surface area (Å²) in [7, 11) is 2.88. The van der Waals surface area contributed by atoms with Crippen LogP contribution in [-0.2, 0) is 10.0 Å². The van der Waals surface area contributed by atoms with Crippen molar-refractivity contribution in [2.45, 2.75) is 4.90 Å². The summed E-state index contributed by atoms with van der Waals surface area (Å²) < 4.78 is 37.9. The molecule has 1 aromatic carbocycles. The summed E-state index contributed by atoms with van der Waals surface area (Å²) in [4.78, 5) is 1.99. The van der Waals surface area contributed by atoms with Gasteiger partial charge in [0.15, 0.2) is 5.82 Å². The van der Waals surface area contributed by atoms with E-state index in [1.807, 2.05) is 19.0 Å². The summed E-state index contributed by atoms with van der Waals surface area (Å²) in [5.41, 5.74) is 0. The lowest BCUT2D eigenvalue weighted by atomic mass is 10.3. The first-order valence-electron chi connectivity index (χ1n) is 7.83. The number of anilines is 2. The van der Waals surface area contributed by atoms with Gasteiger partial charge in [-0.25, -0.2) is 8.42 Å². The van der Waals surface area contributed by atoms with Crippen LogP contribution in [0.25, 0.3) is 0 Å². The highest BCUT2D eigenvalue weighted by atomic mass is 32.2. The van der Waals surface area contributed by atoms with Gasteiger partial charge >= 0.3 is 0 Å². The Labute approximate surface area is 153 Å². The van der Waals surface area contributed by atoms with E-state index in [2.05, 4.69) is 20.2 Å². The topological polar surface area (TPSA) is 106 Å². The lowest BCUT2D eigenvalue weighted by Crippen LogP contribution is -2.21. The van der Waals surface area contributed by atoms with E-state index in [-0.39, 0.29) is 16.5 Å². The van der Waals surface area contributed by atoms with Gasteiger partial charge in [-0.15, -0.1) is 10.2 Å². The summed E-state index contributed by atoms with van der Waals surface area (Å²) in [6.45, 7) is 1.54. The average Bonchev–Trinajstić information content (AvgIpc) is 2.62. The molecule has 0 atom stereocenters. The van der Waals surface area contributed by atoms with Gasteiger partial charge in [0, 0.05) is 19.2 Å². The second-order valence-corrected chi connectivity index (χ2v) is 7.31. The number of hydrogen-bond acceptors (Lipinski definition) is 8. The largest absolute Gasteiger partial charge is 0.497 e. The molecule has 0 bridgehead atoms. The van der Waals surface area contributed by atoms with E-state index in [1.165, 1.54) is 32.4 Å². The van der Waals surface area contributed by atoms with Crippen LogP contribution in [0.1, 0.15) is 0 Å². The normalized spacial score (nSPS) is 11.3. The van der Waals surface area contributed by atoms with Crippen LogP contribution in [0.3, 0.4) is 0 Å². The molecule has 2 aromatic rings. The molecule has 9 nitrogen and oxygen atoms in total. The number of hydrogen-bond donors (Lipinski definition) is 2. The number of ether oxygens (including phenoxy) is 2. The molecule has 0 spiro atoms. The highest BCUT2D eigenvalue weighted by Gasteiger charge is 2.21. The maximum Gasteiger partial charge on any atom is 0.266 e. The van der Waals surface area contributed by atoms with Crippen LogP contribution < -0.4 is 19.5 Å². The number of sulfonamides is 1. The van der Waals surface area contributed by atoms with Gasteiger partial charge < -0.3 is 19.7 Å². The Hall–Kier alpha value is -2.59. The zero-order valence-corrected chi connectivity index (χ0v) is 16.0. The highest BCUT2D eigenvalue weighted by Crippen LogP contribution is 2.29. The first kappa shape index (κ1) is 19.7. The Morgan fingerprint density at radius 1 is 1.04 bits per heavy atom. The molecule has 10 heteroatoms. The SMILES string of the molecule is COc1ccc(OC)c(S(=O)(=O)Nc2ccc(NCCN(C)C)nn2)c1. The van der Waals surface area contributed by atoms with E-state index >= 15 is 0 Å². The Morgan fingerprint density at radius 3 is 2.31 bits per heavy atom. The smallest absolute Gasteiger partial charge is 0.266 e. The molecule has 0 saturated heterocycles. The molecule has 2 N–H and O–H groups in total. The van der Waals surface area contributed by atoms with Crippen molar-refractivity contribution in [3.63, 3.8) is 0 Å². The van der Waals surface area contributed by atoms with Gasteiger partial charge in [-0.1, -0.05) is 0 Å². The summed E-state index contributed by atoms with van der Waals surface area (Å²) >= 11 is 0. The third kappa shape index (κ3) is 5.20. The third-order valence-electron chi connectivity index (χ3n) is 3.43. The number of nitrogens with one attached hydrogen (secondary N) is 2. The molecular formula is C16H23N5O4S. The van der Waals surface area contributed by atoms with Crippen molar-refractivity contribution >= 4 is 21.7 Å². The Kier molecular flexibility index (Phi) is 6.58. The van der Waals surface area contributed by atoms with Gasteiger partial charge in [-0.05, 0) is 38.4 Å². The Morgan fingerprint density at radius 2 is 1.73 bits per heavy atom. The molecule has 26 heavy (non-hydrogen) atoms. The fraction of sp³-hybridized carbons (Fsp3) is 0.375. The number of nitrogens with zero attached hydrogens (tertiary/aromatic N) is 3. The Bertz CT molecular complexity index is 825. The van der Waals surface area contributed by atoms with Crippen molar-refractivity contribution in [2.75, 3.05) is 51.4 Å². The molecule has 0 radical (unpaired) electrons. The maximum absolute atomic E-state index is 12.6. The van der Waals surface area contributed by atoms with Gasteiger partial charge in [-0.3, -0.25) is 4.72 Å². The number of methoxy groups -OCH3 is 2. The van der Waals surface area contributed by atoms with Crippen LogP contribution >= 0.6 is 0 Å². The number of aromatic nitrogens is 2. The maximum atomic E-state index is 12.6. The average molecular weight is 381 g/mol. The third-order valence-corrected chi connectivity index (χ3v) is 4.80. The van der Waals surface area contributed by atoms with E-state index in [0.717, 1.165) is 6.54 Å². The Balaban J connectivity index is 2.14. The first-order chi connectivity index (χ1) is 12.4. The quantitative estimate of drug-likeness (QED) is 0.669. The van der Waals surface area contributed by atoms with E-state index in [0.29, 0.717) is 18.1 Å². The predicted octanol–water partition coefficient (Wildman–Crippen LogP) is 1.27. The van der Waals surface area contributed by atoms with Crippen molar-refractivity contribution in [2.24, 2.45) is 0 Å². The molecule has 142 valence electrons. The standard InChI is InChI=1S/C16H23N5O4S/c1-21(2)10-9-17-15-7-8-16(19-18-15)20-26(22,23)14-11-12(24-3)5-6-13(14)25-4/h5-8,11H,9-10H2,1-4H3,(H,17,18)(H,19,20). The van der Waals surface area contributed by atoms with Gasteiger partial charge in [0.2, 0.25) is 0 Å². The lowest BCUT2D eigenvalue weighted by molar-refractivity contribution is 0.392. The van der Waals surface area contributed by atoms with E-state index < -0.39 is 10.0 Å². The molecule has 1 heterocycles. The van der Waals surface area contributed by atoms with Crippen LogP contribution in [0.2, 0.25) is 0 Å². The molecular weight excluding hydrogens is 358 g/mol. The first-order valence-corrected chi connectivity index (χ1v) is 9.31. The summed E-state index contributed by atoms with van der Waals surface area (Å²) in [6, 6.07) is 7.72. The zero-order chi connectivity index (χ0) is 19.2. The van der Waals surface area contributed by atoms with Crippen LogP contribution in [0.4, 0.5) is 11.6 Å². The summed E-state index contributed by atoms with van der Waals surface area (Å²) in [6.07, 6.45) is 0. The van der Waals surface area contributed by atoms with Crippen LogP contribution in [0, 0.1) is 0 Å². The monoisotopic (exact) mass is 381 g/mol. The molecule has 0 aliphatic carbocycles. The van der Waals surface area contributed by atoms with Gasteiger partial charge in [0.1, 0.15) is 22.2 Å². The fourth-order valence-electron chi connectivity index (χ4n) is 2.08. The van der Waals surface area contributed by atoms with Crippen LogP contribution in [0.15, 0.2) is 35.2 Å². The predicted molar refractivity (Wildman–Crippen MR) is 99.4 cm³/mol. The molecule has 0 aliphatic rings. The molecule has 0 aliphatic heterocycles. The van der Waals surface area contributed by atoms with Crippen molar-refractivity contribution in [1.29, 1.82) is 0 Å². The number of benzene rings is 1. The molecule has 1 aromatic heterocycles. The van der Waals surface area contributed by atoms with Crippen molar-refractivity contribution in [1.82, 2.24) is 15.1 Å². The van der Waals surface area contributed by atoms with Gasteiger partial charge in [-0.2, -0.15) is 0 Å². The number of likely N-dealkylation sites (N-methyl/N-ethyl adjacent to an activating group) is 1. The fourth-order valence-corrected chi connectivity index (χ4v) is 3.26. The molecule has 0 saturated carbocycles. The molecule has 0 amide bonds. The second kappa shape index (κ2) is 8.68. The lowest BCUT2D eigenvalue weighted by Gasteiger charge is -2.13. The minimum atomic E-state index is -3.91. The summed E-state index contributed by atoms with van der Waals surface area (Å²) in [5, 5.41) is 11.0. The summed E-state index contributed by atoms with van der Waals surface area (Å²) in [5.74, 6) is 1.27. The minimum Gasteiger partial charge on any atom is -0.497 e. The zero-order valence-electron chi connectivity index (χ0n) is 15.2.